The molecule has 2 heterocycles. The van der Waals surface area contributed by atoms with Crippen LogP contribution in [0.3, 0.4) is 0 Å². The fourth-order valence-electron chi connectivity index (χ4n) is 4.65. The molecule has 2 aliphatic rings. The summed E-state index contributed by atoms with van der Waals surface area (Å²) in [7, 11) is -3.51. The topological polar surface area (TPSA) is 57.7 Å². The van der Waals surface area contributed by atoms with Crippen molar-refractivity contribution in [2.24, 2.45) is 5.92 Å². The van der Waals surface area contributed by atoms with Gasteiger partial charge in [-0.2, -0.15) is 4.31 Å². The van der Waals surface area contributed by atoms with Crippen LogP contribution in [0, 0.1) is 19.8 Å². The Morgan fingerprint density at radius 3 is 2.27 bits per heavy atom. The number of nitrogens with zero attached hydrogens (tertiary/aromatic N) is 2. The van der Waals surface area contributed by atoms with Crippen LogP contribution in [0.4, 0.5) is 0 Å². The van der Waals surface area contributed by atoms with Gasteiger partial charge in [0.05, 0.1) is 10.9 Å². The maximum atomic E-state index is 13.3. The maximum Gasteiger partial charge on any atom is 0.243 e. The van der Waals surface area contributed by atoms with E-state index in [0.717, 1.165) is 30.5 Å². The molecule has 0 saturated carbocycles. The van der Waals surface area contributed by atoms with Gasteiger partial charge in [-0.15, -0.1) is 0 Å². The molecule has 0 aromatic heterocycles. The van der Waals surface area contributed by atoms with Crippen molar-refractivity contribution in [3.8, 4) is 0 Å². The average Bonchev–Trinajstić information content (AvgIpc) is 3.25. The van der Waals surface area contributed by atoms with Crippen LogP contribution in [-0.2, 0) is 14.8 Å². The molecule has 0 bridgehead atoms. The summed E-state index contributed by atoms with van der Waals surface area (Å²) in [5.41, 5.74) is 3.25. The number of carbonyl (C=O) groups excluding carboxylic acids is 1. The van der Waals surface area contributed by atoms with Gasteiger partial charge in [0.15, 0.2) is 0 Å². The molecule has 0 N–H and O–H groups in total. The summed E-state index contributed by atoms with van der Waals surface area (Å²) in [6.07, 6.45) is 3.18. The maximum absolute atomic E-state index is 13.3. The molecule has 2 fully saturated rings. The summed E-state index contributed by atoms with van der Waals surface area (Å²) in [5.74, 6) is 0.0881. The number of benzene rings is 2. The lowest BCUT2D eigenvalue weighted by Crippen LogP contribution is -2.44. The fourth-order valence-corrected chi connectivity index (χ4v) is 6.21. The molecule has 2 aliphatic heterocycles. The van der Waals surface area contributed by atoms with E-state index >= 15 is 0 Å². The second-order valence-corrected chi connectivity index (χ2v) is 10.5. The van der Waals surface area contributed by atoms with Gasteiger partial charge in [-0.1, -0.05) is 36.4 Å². The molecule has 6 heteroatoms. The average molecular weight is 427 g/mol. The SMILES string of the molecule is Cc1ccc(S(=O)(=O)N2CCC(C(=O)N3CCC[C@@H]3c3ccccc3)CC2)cc1C. The van der Waals surface area contributed by atoms with Gasteiger partial charge in [-0.25, -0.2) is 8.42 Å². The van der Waals surface area contributed by atoms with Crippen LogP contribution in [0.15, 0.2) is 53.4 Å². The number of sulfonamides is 1. The molecule has 2 aromatic rings. The summed E-state index contributed by atoms with van der Waals surface area (Å²) >= 11 is 0. The molecule has 0 aliphatic carbocycles. The number of piperidine rings is 1. The van der Waals surface area contributed by atoms with Crippen LogP contribution < -0.4 is 0 Å². The van der Waals surface area contributed by atoms with E-state index in [1.165, 1.54) is 5.56 Å². The quantitative estimate of drug-likeness (QED) is 0.741. The van der Waals surface area contributed by atoms with Crippen molar-refractivity contribution in [2.75, 3.05) is 19.6 Å². The van der Waals surface area contributed by atoms with Gasteiger partial charge in [-0.05, 0) is 68.4 Å². The van der Waals surface area contributed by atoms with E-state index in [9.17, 15) is 13.2 Å². The second kappa shape index (κ2) is 8.52. The van der Waals surface area contributed by atoms with Crippen LogP contribution in [0.1, 0.15) is 48.4 Å². The zero-order valence-electron chi connectivity index (χ0n) is 17.8. The van der Waals surface area contributed by atoms with Crippen molar-refractivity contribution in [2.45, 2.75) is 50.5 Å². The molecule has 1 amide bonds. The first-order valence-electron chi connectivity index (χ1n) is 10.8. The summed E-state index contributed by atoms with van der Waals surface area (Å²) in [5, 5.41) is 0. The standard InChI is InChI=1S/C24H30N2O3S/c1-18-10-11-22(17-19(18)2)30(28,29)25-15-12-21(13-16-25)24(27)26-14-6-9-23(26)20-7-4-3-5-8-20/h3-5,7-8,10-11,17,21,23H,6,9,12-16H2,1-2H3/t23-/m1/s1. The number of hydrogen-bond donors (Lipinski definition) is 0. The molecular weight excluding hydrogens is 396 g/mol. The van der Waals surface area contributed by atoms with Crippen LogP contribution in [0.2, 0.25) is 0 Å². The number of aryl methyl sites for hydroxylation is 2. The summed E-state index contributed by atoms with van der Waals surface area (Å²) in [6.45, 7) is 5.49. The number of rotatable bonds is 4. The first kappa shape index (κ1) is 21.1. The van der Waals surface area contributed by atoms with Crippen molar-refractivity contribution < 1.29 is 13.2 Å². The van der Waals surface area contributed by atoms with E-state index in [4.69, 9.17) is 0 Å². The first-order valence-corrected chi connectivity index (χ1v) is 12.2. The Morgan fingerprint density at radius 2 is 1.60 bits per heavy atom. The molecule has 1 atom stereocenters. The van der Waals surface area contributed by atoms with Gasteiger partial charge >= 0.3 is 0 Å². The van der Waals surface area contributed by atoms with Gasteiger partial charge in [0.1, 0.15) is 0 Å². The van der Waals surface area contributed by atoms with Crippen molar-refractivity contribution in [3.63, 3.8) is 0 Å². The minimum absolute atomic E-state index is 0.0967. The normalized spacial score (nSPS) is 21.1. The van der Waals surface area contributed by atoms with E-state index in [2.05, 4.69) is 12.1 Å². The molecule has 0 spiro atoms. The van der Waals surface area contributed by atoms with Crippen LogP contribution in [-0.4, -0.2) is 43.2 Å². The number of likely N-dealkylation sites (tertiary alicyclic amines) is 1. The predicted molar refractivity (Wildman–Crippen MR) is 118 cm³/mol. The van der Waals surface area contributed by atoms with Gasteiger partial charge in [0.25, 0.3) is 0 Å². The largest absolute Gasteiger partial charge is 0.335 e. The van der Waals surface area contributed by atoms with E-state index < -0.39 is 10.0 Å². The highest BCUT2D eigenvalue weighted by atomic mass is 32.2. The molecule has 160 valence electrons. The Labute approximate surface area is 179 Å². The summed E-state index contributed by atoms with van der Waals surface area (Å²) in [6, 6.07) is 15.7. The van der Waals surface area contributed by atoms with E-state index in [0.29, 0.717) is 30.8 Å². The Morgan fingerprint density at radius 1 is 0.900 bits per heavy atom. The van der Waals surface area contributed by atoms with E-state index in [1.807, 2.05) is 43.0 Å². The molecule has 30 heavy (non-hydrogen) atoms. The zero-order chi connectivity index (χ0) is 21.3. The van der Waals surface area contributed by atoms with Crippen LogP contribution in [0.5, 0.6) is 0 Å². The first-order chi connectivity index (χ1) is 14.4. The van der Waals surface area contributed by atoms with Gasteiger partial charge < -0.3 is 4.90 Å². The highest BCUT2D eigenvalue weighted by Gasteiger charge is 2.37. The predicted octanol–water partition coefficient (Wildman–Crippen LogP) is 4.07. The van der Waals surface area contributed by atoms with Crippen molar-refractivity contribution in [1.82, 2.24) is 9.21 Å². The molecule has 0 unspecified atom stereocenters. The second-order valence-electron chi connectivity index (χ2n) is 8.52. The third-order valence-electron chi connectivity index (χ3n) is 6.64. The van der Waals surface area contributed by atoms with Crippen molar-refractivity contribution in [3.05, 3.63) is 65.2 Å². The minimum atomic E-state index is -3.51. The smallest absolute Gasteiger partial charge is 0.243 e. The molecular formula is C24H30N2O3S. The van der Waals surface area contributed by atoms with Gasteiger partial charge in [-0.3, -0.25) is 4.79 Å². The lowest BCUT2D eigenvalue weighted by atomic mass is 9.95. The lowest BCUT2D eigenvalue weighted by molar-refractivity contribution is -0.137. The van der Waals surface area contributed by atoms with Crippen LogP contribution >= 0.6 is 0 Å². The molecule has 5 nitrogen and oxygen atoms in total. The Bertz CT molecular complexity index is 1010. The van der Waals surface area contributed by atoms with E-state index in [-0.39, 0.29) is 17.9 Å². The molecule has 2 aromatic carbocycles. The zero-order valence-corrected chi connectivity index (χ0v) is 18.6. The third-order valence-corrected chi connectivity index (χ3v) is 8.53. The minimum Gasteiger partial charge on any atom is -0.335 e. The number of hydrogen-bond acceptors (Lipinski definition) is 3. The highest BCUT2D eigenvalue weighted by Crippen LogP contribution is 2.35. The van der Waals surface area contributed by atoms with Gasteiger partial charge in [0, 0.05) is 25.6 Å². The summed E-state index contributed by atoms with van der Waals surface area (Å²) < 4.78 is 27.6. The number of amides is 1. The van der Waals surface area contributed by atoms with Gasteiger partial charge in [0.2, 0.25) is 15.9 Å². The third kappa shape index (κ3) is 4.03. The summed E-state index contributed by atoms with van der Waals surface area (Å²) in [4.78, 5) is 15.6. The Kier molecular flexibility index (Phi) is 5.98. The number of carbonyl (C=O) groups is 1. The van der Waals surface area contributed by atoms with Crippen molar-refractivity contribution >= 4 is 15.9 Å². The molecule has 4 rings (SSSR count). The fraction of sp³-hybridized carbons (Fsp3) is 0.458. The molecule has 2 saturated heterocycles. The molecule has 0 radical (unpaired) electrons. The Hall–Kier alpha value is -2.18. The monoisotopic (exact) mass is 426 g/mol. The van der Waals surface area contributed by atoms with E-state index in [1.54, 1.807) is 16.4 Å². The lowest BCUT2D eigenvalue weighted by Gasteiger charge is -2.34. The Balaban J connectivity index is 1.42. The van der Waals surface area contributed by atoms with Crippen molar-refractivity contribution in [1.29, 1.82) is 0 Å². The highest BCUT2D eigenvalue weighted by molar-refractivity contribution is 7.89. The van der Waals surface area contributed by atoms with Crippen LogP contribution in [0.25, 0.3) is 0 Å².